The fraction of sp³-hybridized carbons (Fsp3) is 0. The predicted octanol–water partition coefficient (Wildman–Crippen LogP) is 2.95. The van der Waals surface area contributed by atoms with Crippen molar-refractivity contribution in [1.29, 1.82) is 0 Å². The van der Waals surface area contributed by atoms with E-state index in [-0.39, 0.29) is 5.82 Å². The molecule has 0 amide bonds. The SMILES string of the molecule is Fc1cccc(-c2cscn2)c1. The summed E-state index contributed by atoms with van der Waals surface area (Å²) in [4.78, 5) is 4.08. The van der Waals surface area contributed by atoms with Gasteiger partial charge in [-0.1, -0.05) is 12.1 Å². The third-order valence-electron chi connectivity index (χ3n) is 1.55. The molecule has 0 spiro atoms. The topological polar surface area (TPSA) is 12.9 Å². The number of benzene rings is 1. The van der Waals surface area contributed by atoms with Crippen LogP contribution < -0.4 is 0 Å². The Hall–Kier alpha value is -1.22. The first-order chi connectivity index (χ1) is 5.86. The zero-order valence-electron chi connectivity index (χ0n) is 6.20. The summed E-state index contributed by atoms with van der Waals surface area (Å²) in [5.74, 6) is -0.222. The van der Waals surface area contributed by atoms with Crippen molar-refractivity contribution in [3.8, 4) is 11.3 Å². The number of halogens is 1. The van der Waals surface area contributed by atoms with Crippen molar-refractivity contribution in [1.82, 2.24) is 4.98 Å². The molecule has 0 saturated heterocycles. The number of hydrogen-bond acceptors (Lipinski definition) is 2. The summed E-state index contributed by atoms with van der Waals surface area (Å²) in [7, 11) is 0. The minimum Gasteiger partial charge on any atom is -0.245 e. The third-order valence-corrected chi connectivity index (χ3v) is 2.14. The Bertz CT molecular complexity index is 370. The molecule has 0 bridgehead atoms. The minimum absolute atomic E-state index is 0.222. The van der Waals surface area contributed by atoms with E-state index in [0.29, 0.717) is 0 Å². The average molecular weight is 179 g/mol. The van der Waals surface area contributed by atoms with E-state index in [2.05, 4.69) is 4.98 Å². The van der Waals surface area contributed by atoms with Gasteiger partial charge in [0.2, 0.25) is 0 Å². The lowest BCUT2D eigenvalue weighted by molar-refractivity contribution is 0.628. The lowest BCUT2D eigenvalue weighted by atomic mass is 10.2. The summed E-state index contributed by atoms with van der Waals surface area (Å²) in [6.45, 7) is 0. The number of nitrogens with zero attached hydrogens (tertiary/aromatic N) is 1. The third kappa shape index (κ3) is 1.36. The summed E-state index contributed by atoms with van der Waals surface area (Å²) >= 11 is 1.51. The van der Waals surface area contributed by atoms with Gasteiger partial charge in [-0.05, 0) is 12.1 Å². The molecule has 0 fully saturated rings. The lowest BCUT2D eigenvalue weighted by Gasteiger charge is -1.94. The summed E-state index contributed by atoms with van der Waals surface area (Å²) in [5.41, 5.74) is 3.40. The van der Waals surface area contributed by atoms with Gasteiger partial charge in [-0.2, -0.15) is 0 Å². The Morgan fingerprint density at radius 1 is 1.33 bits per heavy atom. The first kappa shape index (κ1) is 7.43. The number of aromatic nitrogens is 1. The van der Waals surface area contributed by atoms with Gasteiger partial charge in [0.15, 0.2) is 0 Å². The maximum atomic E-state index is 12.7. The first-order valence-corrected chi connectivity index (χ1v) is 4.45. The Morgan fingerprint density at radius 2 is 2.25 bits per heavy atom. The van der Waals surface area contributed by atoms with Crippen molar-refractivity contribution in [3.05, 3.63) is 41.0 Å². The fourth-order valence-electron chi connectivity index (χ4n) is 1.00. The zero-order chi connectivity index (χ0) is 8.39. The van der Waals surface area contributed by atoms with E-state index in [1.807, 2.05) is 11.4 Å². The van der Waals surface area contributed by atoms with Crippen LogP contribution in [0.15, 0.2) is 35.2 Å². The molecule has 1 heterocycles. The van der Waals surface area contributed by atoms with Crippen LogP contribution >= 0.6 is 11.3 Å². The monoisotopic (exact) mass is 179 g/mol. The Labute approximate surface area is 73.5 Å². The smallest absolute Gasteiger partial charge is 0.123 e. The molecular formula is C9H6FNS. The van der Waals surface area contributed by atoms with Crippen molar-refractivity contribution in [2.45, 2.75) is 0 Å². The van der Waals surface area contributed by atoms with Gasteiger partial charge in [0.1, 0.15) is 5.82 Å². The highest BCUT2D eigenvalue weighted by Crippen LogP contribution is 2.19. The normalized spacial score (nSPS) is 10.1. The van der Waals surface area contributed by atoms with Crippen LogP contribution in [0.5, 0.6) is 0 Å². The van der Waals surface area contributed by atoms with Crippen molar-refractivity contribution in [3.63, 3.8) is 0 Å². The van der Waals surface area contributed by atoms with Crippen molar-refractivity contribution in [2.75, 3.05) is 0 Å². The van der Waals surface area contributed by atoms with E-state index in [1.54, 1.807) is 11.6 Å². The highest BCUT2D eigenvalue weighted by Gasteiger charge is 1.99. The summed E-state index contributed by atoms with van der Waals surface area (Å²) in [5, 5.41) is 1.90. The standard InChI is InChI=1S/C9H6FNS/c10-8-3-1-2-7(4-8)9-5-12-6-11-9/h1-6H. The Balaban J connectivity index is 2.48. The molecule has 1 nitrogen and oxygen atoms in total. The molecule has 1 aromatic heterocycles. The largest absolute Gasteiger partial charge is 0.245 e. The molecule has 0 saturated carbocycles. The Morgan fingerprint density at radius 3 is 2.92 bits per heavy atom. The zero-order valence-corrected chi connectivity index (χ0v) is 7.01. The van der Waals surface area contributed by atoms with E-state index in [0.717, 1.165) is 11.3 Å². The molecule has 60 valence electrons. The molecule has 1 aromatic carbocycles. The van der Waals surface area contributed by atoms with E-state index >= 15 is 0 Å². The van der Waals surface area contributed by atoms with Gasteiger partial charge >= 0.3 is 0 Å². The molecule has 0 aliphatic heterocycles. The molecule has 0 atom stereocenters. The lowest BCUT2D eigenvalue weighted by Crippen LogP contribution is -1.78. The highest BCUT2D eigenvalue weighted by atomic mass is 32.1. The molecule has 0 N–H and O–H groups in total. The maximum Gasteiger partial charge on any atom is 0.123 e. The molecule has 0 aliphatic rings. The van der Waals surface area contributed by atoms with Gasteiger partial charge < -0.3 is 0 Å². The average Bonchev–Trinajstić information content (AvgIpc) is 2.56. The van der Waals surface area contributed by atoms with E-state index in [4.69, 9.17) is 0 Å². The summed E-state index contributed by atoms with van der Waals surface area (Å²) < 4.78 is 12.7. The van der Waals surface area contributed by atoms with Crippen LogP contribution in [0, 0.1) is 5.82 Å². The Kier molecular flexibility index (Phi) is 1.87. The summed E-state index contributed by atoms with van der Waals surface area (Å²) in [6.07, 6.45) is 0. The van der Waals surface area contributed by atoms with Gasteiger partial charge in [0.05, 0.1) is 11.2 Å². The second kappa shape index (κ2) is 3.03. The molecule has 3 heteroatoms. The maximum absolute atomic E-state index is 12.7. The van der Waals surface area contributed by atoms with E-state index in [9.17, 15) is 4.39 Å². The van der Waals surface area contributed by atoms with Crippen LogP contribution in [0.2, 0.25) is 0 Å². The van der Waals surface area contributed by atoms with Gasteiger partial charge in [-0.3, -0.25) is 0 Å². The second-order valence-corrected chi connectivity index (χ2v) is 3.10. The highest BCUT2D eigenvalue weighted by molar-refractivity contribution is 7.07. The molecule has 0 radical (unpaired) electrons. The molecule has 2 rings (SSSR count). The molecule has 0 aliphatic carbocycles. The molecule has 12 heavy (non-hydrogen) atoms. The molecular weight excluding hydrogens is 173 g/mol. The van der Waals surface area contributed by atoms with Crippen LogP contribution in [0.25, 0.3) is 11.3 Å². The number of thiazole rings is 1. The van der Waals surface area contributed by atoms with Crippen LogP contribution in [0.1, 0.15) is 0 Å². The van der Waals surface area contributed by atoms with Crippen molar-refractivity contribution in [2.24, 2.45) is 0 Å². The molecule has 0 unspecified atom stereocenters. The van der Waals surface area contributed by atoms with Crippen molar-refractivity contribution < 1.29 is 4.39 Å². The molecule has 2 aromatic rings. The van der Waals surface area contributed by atoms with Crippen LogP contribution in [-0.2, 0) is 0 Å². The van der Waals surface area contributed by atoms with Crippen LogP contribution in [-0.4, -0.2) is 4.98 Å². The van der Waals surface area contributed by atoms with Crippen LogP contribution in [0.3, 0.4) is 0 Å². The quantitative estimate of drug-likeness (QED) is 0.655. The van der Waals surface area contributed by atoms with E-state index < -0.39 is 0 Å². The van der Waals surface area contributed by atoms with Gasteiger partial charge in [0, 0.05) is 10.9 Å². The van der Waals surface area contributed by atoms with Crippen molar-refractivity contribution >= 4 is 11.3 Å². The fourth-order valence-corrected chi connectivity index (χ4v) is 1.56. The van der Waals surface area contributed by atoms with Gasteiger partial charge in [-0.15, -0.1) is 11.3 Å². The van der Waals surface area contributed by atoms with Gasteiger partial charge in [-0.25, -0.2) is 9.37 Å². The second-order valence-electron chi connectivity index (χ2n) is 2.38. The number of rotatable bonds is 1. The number of hydrogen-bond donors (Lipinski definition) is 0. The van der Waals surface area contributed by atoms with E-state index in [1.165, 1.54) is 23.5 Å². The first-order valence-electron chi connectivity index (χ1n) is 3.50. The van der Waals surface area contributed by atoms with Gasteiger partial charge in [0.25, 0.3) is 0 Å². The summed E-state index contributed by atoms with van der Waals surface area (Å²) in [6, 6.07) is 6.44. The van der Waals surface area contributed by atoms with Crippen LogP contribution in [0.4, 0.5) is 4.39 Å². The predicted molar refractivity (Wildman–Crippen MR) is 47.5 cm³/mol. The minimum atomic E-state index is -0.222.